The lowest BCUT2D eigenvalue weighted by Crippen LogP contribution is -2.28. The summed E-state index contributed by atoms with van der Waals surface area (Å²) in [4.78, 5) is 15.1. The molecule has 1 atom stereocenters. The number of carbonyl (C=O) groups excluding carboxylic acids is 1. The zero-order valence-electron chi connectivity index (χ0n) is 11.9. The lowest BCUT2D eigenvalue weighted by atomic mass is 10.1. The zero-order chi connectivity index (χ0) is 14.5. The van der Waals surface area contributed by atoms with E-state index in [9.17, 15) is 4.79 Å². The van der Waals surface area contributed by atoms with E-state index in [1.807, 2.05) is 52.7 Å². The summed E-state index contributed by atoms with van der Waals surface area (Å²) in [6.45, 7) is 2.44. The Balaban J connectivity index is 1.44. The maximum Gasteiger partial charge on any atom is 0.263 e. The van der Waals surface area contributed by atoms with Crippen LogP contribution in [-0.2, 0) is 0 Å². The van der Waals surface area contributed by atoms with Crippen molar-refractivity contribution >= 4 is 17.2 Å². The van der Waals surface area contributed by atoms with Crippen molar-refractivity contribution < 1.29 is 9.53 Å². The summed E-state index contributed by atoms with van der Waals surface area (Å²) in [5.41, 5.74) is 0. The number of nitrogens with zero attached hydrogens (tertiary/aromatic N) is 1. The van der Waals surface area contributed by atoms with Crippen LogP contribution in [0, 0.1) is 5.92 Å². The van der Waals surface area contributed by atoms with Crippen molar-refractivity contribution in [3.63, 3.8) is 0 Å². The van der Waals surface area contributed by atoms with Crippen molar-refractivity contribution in [3.05, 3.63) is 52.7 Å². The van der Waals surface area contributed by atoms with Gasteiger partial charge < -0.3 is 9.64 Å². The number of hydrogen-bond acceptors (Lipinski definition) is 3. The van der Waals surface area contributed by atoms with Crippen LogP contribution in [-0.4, -0.2) is 30.5 Å². The Kier molecular flexibility index (Phi) is 4.55. The van der Waals surface area contributed by atoms with Crippen LogP contribution in [0.25, 0.3) is 0 Å². The van der Waals surface area contributed by atoms with Crippen molar-refractivity contribution in [2.24, 2.45) is 5.92 Å². The number of hydrogen-bond donors (Lipinski definition) is 0. The number of amides is 1. The summed E-state index contributed by atoms with van der Waals surface area (Å²) in [5.74, 6) is 1.65. The first-order valence-corrected chi connectivity index (χ1v) is 8.21. The molecule has 0 aliphatic carbocycles. The van der Waals surface area contributed by atoms with Crippen LogP contribution in [0.3, 0.4) is 0 Å². The van der Waals surface area contributed by atoms with Gasteiger partial charge in [-0.15, -0.1) is 11.3 Å². The highest BCUT2D eigenvalue weighted by Crippen LogP contribution is 2.23. The molecule has 1 aromatic carbocycles. The van der Waals surface area contributed by atoms with Gasteiger partial charge in [-0.1, -0.05) is 24.3 Å². The minimum atomic E-state index is 0.177. The molecule has 0 saturated carbocycles. The number of likely N-dealkylation sites (tertiary alicyclic amines) is 1. The Morgan fingerprint density at radius 3 is 2.86 bits per heavy atom. The number of carbonyl (C=O) groups is 1. The average Bonchev–Trinajstić information content (AvgIpc) is 3.19. The molecule has 1 amide bonds. The first-order valence-electron chi connectivity index (χ1n) is 7.33. The maximum absolute atomic E-state index is 12.3. The van der Waals surface area contributed by atoms with E-state index in [0.717, 1.165) is 43.2 Å². The number of benzene rings is 1. The van der Waals surface area contributed by atoms with Crippen molar-refractivity contribution in [1.82, 2.24) is 4.90 Å². The predicted molar refractivity (Wildman–Crippen MR) is 84.9 cm³/mol. The molecule has 0 spiro atoms. The Morgan fingerprint density at radius 1 is 1.24 bits per heavy atom. The Hall–Kier alpha value is -1.81. The molecule has 1 saturated heterocycles. The monoisotopic (exact) mass is 301 g/mol. The van der Waals surface area contributed by atoms with Crippen molar-refractivity contribution in [1.29, 1.82) is 0 Å². The van der Waals surface area contributed by atoms with Crippen LogP contribution in [0.1, 0.15) is 22.5 Å². The number of para-hydroxylation sites is 1. The van der Waals surface area contributed by atoms with Crippen LogP contribution < -0.4 is 4.74 Å². The second-order valence-corrected chi connectivity index (χ2v) is 6.28. The van der Waals surface area contributed by atoms with Gasteiger partial charge in [0.05, 0.1) is 11.5 Å². The van der Waals surface area contributed by atoms with Crippen LogP contribution >= 0.6 is 11.3 Å². The molecule has 4 heteroatoms. The van der Waals surface area contributed by atoms with Crippen LogP contribution in [0.5, 0.6) is 5.75 Å². The standard InChI is InChI=1S/C17H19NO2S/c19-17(16-7-4-12-21-16)18-10-8-14(13-18)9-11-20-15-5-2-1-3-6-15/h1-7,12,14H,8-11,13H2. The van der Waals surface area contributed by atoms with Crippen molar-refractivity contribution in [2.75, 3.05) is 19.7 Å². The van der Waals surface area contributed by atoms with Gasteiger partial charge in [-0.05, 0) is 42.3 Å². The highest BCUT2D eigenvalue weighted by Gasteiger charge is 2.27. The summed E-state index contributed by atoms with van der Waals surface area (Å²) in [6, 6.07) is 13.7. The largest absolute Gasteiger partial charge is 0.494 e. The van der Waals surface area contributed by atoms with Gasteiger partial charge in [0, 0.05) is 13.1 Å². The Labute approximate surface area is 129 Å². The first kappa shape index (κ1) is 14.1. The third-order valence-corrected chi connectivity index (χ3v) is 4.70. The fourth-order valence-electron chi connectivity index (χ4n) is 2.67. The van der Waals surface area contributed by atoms with Crippen molar-refractivity contribution in [3.8, 4) is 5.75 Å². The first-order chi connectivity index (χ1) is 10.3. The van der Waals surface area contributed by atoms with E-state index in [0.29, 0.717) is 5.92 Å². The van der Waals surface area contributed by atoms with Gasteiger partial charge in [0.15, 0.2) is 0 Å². The van der Waals surface area contributed by atoms with E-state index >= 15 is 0 Å². The molecule has 1 aliphatic rings. The summed E-state index contributed by atoms with van der Waals surface area (Å²) < 4.78 is 5.73. The molecule has 1 fully saturated rings. The van der Waals surface area contributed by atoms with Crippen LogP contribution in [0.15, 0.2) is 47.8 Å². The van der Waals surface area contributed by atoms with E-state index in [2.05, 4.69) is 0 Å². The highest BCUT2D eigenvalue weighted by molar-refractivity contribution is 7.12. The van der Waals surface area contributed by atoms with Gasteiger partial charge in [-0.25, -0.2) is 0 Å². The molecule has 3 nitrogen and oxygen atoms in total. The summed E-state index contributed by atoms with van der Waals surface area (Å²) in [6.07, 6.45) is 2.08. The molecule has 21 heavy (non-hydrogen) atoms. The molecule has 1 unspecified atom stereocenters. The topological polar surface area (TPSA) is 29.5 Å². The normalized spacial score (nSPS) is 17.9. The SMILES string of the molecule is O=C(c1cccs1)N1CCC(CCOc2ccccc2)C1. The van der Waals surface area contributed by atoms with E-state index in [1.54, 1.807) is 0 Å². The number of thiophene rings is 1. The summed E-state index contributed by atoms with van der Waals surface area (Å²) >= 11 is 1.52. The second-order valence-electron chi connectivity index (χ2n) is 5.33. The minimum absolute atomic E-state index is 0.177. The molecular weight excluding hydrogens is 282 g/mol. The van der Waals surface area contributed by atoms with Crippen molar-refractivity contribution in [2.45, 2.75) is 12.8 Å². The van der Waals surface area contributed by atoms with Crippen LogP contribution in [0.2, 0.25) is 0 Å². The molecule has 0 N–H and O–H groups in total. The zero-order valence-corrected chi connectivity index (χ0v) is 12.7. The molecule has 0 bridgehead atoms. The fourth-order valence-corrected chi connectivity index (χ4v) is 3.36. The molecule has 2 heterocycles. The lowest BCUT2D eigenvalue weighted by molar-refractivity contribution is 0.0790. The number of rotatable bonds is 5. The number of ether oxygens (including phenoxy) is 1. The van der Waals surface area contributed by atoms with Gasteiger partial charge >= 0.3 is 0 Å². The highest BCUT2D eigenvalue weighted by atomic mass is 32.1. The molecule has 110 valence electrons. The Bertz CT molecular complexity index is 568. The van der Waals surface area contributed by atoms with Gasteiger partial charge in [-0.2, -0.15) is 0 Å². The molecule has 1 aromatic heterocycles. The fraction of sp³-hybridized carbons (Fsp3) is 0.353. The maximum atomic E-state index is 12.3. The quantitative estimate of drug-likeness (QED) is 0.843. The average molecular weight is 301 g/mol. The second kappa shape index (κ2) is 6.76. The predicted octanol–water partition coefficient (Wildman–Crippen LogP) is 3.68. The molecule has 2 aromatic rings. The smallest absolute Gasteiger partial charge is 0.263 e. The van der Waals surface area contributed by atoms with E-state index in [4.69, 9.17) is 4.74 Å². The van der Waals surface area contributed by atoms with Gasteiger partial charge in [0.2, 0.25) is 0 Å². The third-order valence-electron chi connectivity index (χ3n) is 3.84. The van der Waals surface area contributed by atoms with Gasteiger partial charge in [0.25, 0.3) is 5.91 Å². The molecule has 0 radical (unpaired) electrons. The Morgan fingerprint density at radius 2 is 2.10 bits per heavy atom. The summed E-state index contributed by atoms with van der Waals surface area (Å²) in [5, 5.41) is 1.95. The minimum Gasteiger partial charge on any atom is -0.494 e. The van der Waals surface area contributed by atoms with E-state index < -0.39 is 0 Å². The summed E-state index contributed by atoms with van der Waals surface area (Å²) in [7, 11) is 0. The van der Waals surface area contributed by atoms with Crippen LogP contribution in [0.4, 0.5) is 0 Å². The van der Waals surface area contributed by atoms with E-state index in [1.165, 1.54) is 11.3 Å². The van der Waals surface area contributed by atoms with Gasteiger partial charge in [-0.3, -0.25) is 4.79 Å². The third kappa shape index (κ3) is 3.64. The molecule has 3 rings (SSSR count). The van der Waals surface area contributed by atoms with E-state index in [-0.39, 0.29) is 5.91 Å². The molecular formula is C17H19NO2S. The van der Waals surface area contributed by atoms with Gasteiger partial charge in [0.1, 0.15) is 5.75 Å². The lowest BCUT2D eigenvalue weighted by Gasteiger charge is -2.15. The molecule has 1 aliphatic heterocycles.